The summed E-state index contributed by atoms with van der Waals surface area (Å²) in [6, 6.07) is 7.85. The Hall–Kier alpha value is -1.28. The predicted octanol–water partition coefficient (Wildman–Crippen LogP) is 3.87. The Kier molecular flexibility index (Phi) is 4.82. The van der Waals surface area contributed by atoms with Crippen LogP contribution in [-0.2, 0) is 0 Å². The number of piperidine rings is 1. The van der Waals surface area contributed by atoms with E-state index in [-0.39, 0.29) is 0 Å². The molecule has 1 aromatic rings. The fourth-order valence-corrected chi connectivity index (χ4v) is 2.32. The highest BCUT2D eigenvalue weighted by atomic mass is 35.5. The molecule has 0 N–H and O–H groups in total. The molecule has 0 atom stereocenters. The molecular weight excluding hydrogens is 244 g/mol. The summed E-state index contributed by atoms with van der Waals surface area (Å²) in [4.78, 5) is 6.73. The molecule has 0 bridgehead atoms. The molecule has 0 amide bonds. The molecule has 0 saturated carbocycles. The first-order valence-electron chi connectivity index (χ1n) is 6.45. The molecule has 1 fully saturated rings. The number of halogens is 1. The third-order valence-electron chi connectivity index (χ3n) is 3.20. The van der Waals surface area contributed by atoms with Gasteiger partial charge in [-0.25, -0.2) is 0 Å². The summed E-state index contributed by atoms with van der Waals surface area (Å²) in [7, 11) is 1.86. The van der Waals surface area contributed by atoms with Crippen molar-refractivity contribution in [3.63, 3.8) is 0 Å². The predicted molar refractivity (Wildman–Crippen MR) is 79.3 cm³/mol. The van der Waals surface area contributed by atoms with Crippen molar-refractivity contribution >= 4 is 23.5 Å². The van der Waals surface area contributed by atoms with Crippen molar-refractivity contribution in [2.24, 2.45) is 4.99 Å². The number of aliphatic imine (C=N–C) groups is 1. The number of rotatable bonds is 2. The van der Waals surface area contributed by atoms with Crippen LogP contribution in [0.2, 0.25) is 5.02 Å². The number of amidine groups is 1. The van der Waals surface area contributed by atoms with Gasteiger partial charge in [-0.1, -0.05) is 29.8 Å². The maximum atomic E-state index is 5.87. The summed E-state index contributed by atoms with van der Waals surface area (Å²) in [5.74, 6) is 1.07. The van der Waals surface area contributed by atoms with Crippen molar-refractivity contribution in [1.82, 2.24) is 4.90 Å². The number of benzene rings is 1. The quantitative estimate of drug-likeness (QED) is 0.584. The van der Waals surface area contributed by atoms with Crippen LogP contribution in [-0.4, -0.2) is 30.9 Å². The van der Waals surface area contributed by atoms with Gasteiger partial charge in [0.2, 0.25) is 0 Å². The standard InChI is InChI=1S/C15H19ClN2/c1-17-15(18-11-3-2-4-12-18)10-7-13-5-8-14(16)9-6-13/h5-10H,2-4,11-12H2,1H3/b10-7-,17-15?. The van der Waals surface area contributed by atoms with Gasteiger partial charge in [0.15, 0.2) is 0 Å². The minimum atomic E-state index is 0.771. The Labute approximate surface area is 114 Å². The molecule has 2 nitrogen and oxygen atoms in total. The molecule has 1 aromatic carbocycles. The Morgan fingerprint density at radius 1 is 1.17 bits per heavy atom. The van der Waals surface area contributed by atoms with Gasteiger partial charge >= 0.3 is 0 Å². The molecule has 1 aliphatic heterocycles. The van der Waals surface area contributed by atoms with Crippen molar-refractivity contribution < 1.29 is 0 Å². The summed E-state index contributed by atoms with van der Waals surface area (Å²) in [5.41, 5.74) is 1.15. The zero-order valence-electron chi connectivity index (χ0n) is 10.8. The van der Waals surface area contributed by atoms with E-state index in [1.54, 1.807) is 0 Å². The zero-order chi connectivity index (χ0) is 12.8. The van der Waals surface area contributed by atoms with E-state index in [1.807, 2.05) is 31.3 Å². The molecule has 3 heteroatoms. The summed E-state index contributed by atoms with van der Waals surface area (Å²) in [5, 5.41) is 0.771. The third-order valence-corrected chi connectivity index (χ3v) is 3.46. The zero-order valence-corrected chi connectivity index (χ0v) is 11.5. The van der Waals surface area contributed by atoms with Gasteiger partial charge in [-0.3, -0.25) is 4.99 Å². The topological polar surface area (TPSA) is 15.6 Å². The van der Waals surface area contributed by atoms with E-state index in [0.717, 1.165) is 29.5 Å². The lowest BCUT2D eigenvalue weighted by molar-refractivity contribution is 0.343. The lowest BCUT2D eigenvalue weighted by atomic mass is 10.1. The van der Waals surface area contributed by atoms with E-state index < -0.39 is 0 Å². The van der Waals surface area contributed by atoms with Crippen molar-refractivity contribution in [3.8, 4) is 0 Å². The number of likely N-dealkylation sites (tertiary alicyclic amines) is 1. The Balaban J connectivity index is 2.03. The average molecular weight is 263 g/mol. The second kappa shape index (κ2) is 6.60. The number of nitrogens with zero attached hydrogens (tertiary/aromatic N) is 2. The van der Waals surface area contributed by atoms with Gasteiger partial charge in [0.25, 0.3) is 0 Å². The lowest BCUT2D eigenvalue weighted by Crippen LogP contribution is -2.34. The highest BCUT2D eigenvalue weighted by Crippen LogP contribution is 2.13. The average Bonchev–Trinajstić information content (AvgIpc) is 2.43. The van der Waals surface area contributed by atoms with Crippen LogP contribution in [0.15, 0.2) is 35.3 Å². The van der Waals surface area contributed by atoms with Gasteiger partial charge in [-0.15, -0.1) is 0 Å². The molecule has 0 radical (unpaired) electrons. The van der Waals surface area contributed by atoms with Gasteiger partial charge in [-0.2, -0.15) is 0 Å². The van der Waals surface area contributed by atoms with Crippen LogP contribution in [0.4, 0.5) is 0 Å². The van der Waals surface area contributed by atoms with Gasteiger partial charge in [-0.05, 0) is 43.0 Å². The molecule has 0 aromatic heterocycles. The Morgan fingerprint density at radius 3 is 2.44 bits per heavy atom. The number of hydrogen-bond acceptors (Lipinski definition) is 1. The summed E-state index contributed by atoms with van der Waals surface area (Å²) < 4.78 is 0. The normalized spacial score (nSPS) is 17.4. The smallest absolute Gasteiger partial charge is 0.123 e. The molecule has 96 valence electrons. The first kappa shape index (κ1) is 13.2. The van der Waals surface area contributed by atoms with Crippen LogP contribution >= 0.6 is 11.6 Å². The summed E-state index contributed by atoms with van der Waals surface area (Å²) in [6.45, 7) is 2.25. The molecule has 1 heterocycles. The first-order chi connectivity index (χ1) is 8.79. The molecule has 0 spiro atoms. The molecular formula is C15H19ClN2. The fourth-order valence-electron chi connectivity index (χ4n) is 2.19. The van der Waals surface area contributed by atoms with E-state index in [0.29, 0.717) is 0 Å². The number of hydrogen-bond donors (Lipinski definition) is 0. The minimum absolute atomic E-state index is 0.771. The van der Waals surface area contributed by atoms with Crippen LogP contribution < -0.4 is 0 Å². The van der Waals surface area contributed by atoms with E-state index in [1.165, 1.54) is 19.3 Å². The molecule has 1 aliphatic rings. The van der Waals surface area contributed by atoms with Crippen LogP contribution in [0.5, 0.6) is 0 Å². The maximum Gasteiger partial charge on any atom is 0.123 e. The van der Waals surface area contributed by atoms with Gasteiger partial charge in [0.05, 0.1) is 0 Å². The highest BCUT2D eigenvalue weighted by molar-refractivity contribution is 6.30. The fraction of sp³-hybridized carbons (Fsp3) is 0.400. The van der Waals surface area contributed by atoms with Crippen LogP contribution in [0.25, 0.3) is 6.08 Å². The van der Waals surface area contributed by atoms with Crippen LogP contribution in [0, 0.1) is 0 Å². The van der Waals surface area contributed by atoms with E-state index in [2.05, 4.69) is 22.0 Å². The van der Waals surface area contributed by atoms with Crippen LogP contribution in [0.1, 0.15) is 24.8 Å². The van der Waals surface area contributed by atoms with E-state index >= 15 is 0 Å². The van der Waals surface area contributed by atoms with E-state index in [4.69, 9.17) is 11.6 Å². The van der Waals surface area contributed by atoms with Crippen molar-refractivity contribution in [2.45, 2.75) is 19.3 Å². The van der Waals surface area contributed by atoms with E-state index in [9.17, 15) is 0 Å². The second-order valence-electron chi connectivity index (χ2n) is 4.51. The van der Waals surface area contributed by atoms with Crippen molar-refractivity contribution in [3.05, 3.63) is 40.9 Å². The molecule has 0 unspecified atom stereocenters. The Morgan fingerprint density at radius 2 is 1.83 bits per heavy atom. The lowest BCUT2D eigenvalue weighted by Gasteiger charge is -2.28. The summed E-state index contributed by atoms with van der Waals surface area (Å²) in [6.07, 6.45) is 8.07. The minimum Gasteiger partial charge on any atom is -0.357 e. The second-order valence-corrected chi connectivity index (χ2v) is 4.95. The Bertz CT molecular complexity index is 428. The maximum absolute atomic E-state index is 5.87. The highest BCUT2D eigenvalue weighted by Gasteiger charge is 2.11. The van der Waals surface area contributed by atoms with Gasteiger partial charge < -0.3 is 4.90 Å². The van der Waals surface area contributed by atoms with Crippen molar-refractivity contribution in [2.75, 3.05) is 20.1 Å². The molecule has 1 saturated heterocycles. The largest absolute Gasteiger partial charge is 0.357 e. The third kappa shape index (κ3) is 3.61. The monoisotopic (exact) mass is 262 g/mol. The van der Waals surface area contributed by atoms with Gasteiger partial charge in [0, 0.05) is 25.2 Å². The van der Waals surface area contributed by atoms with Crippen molar-refractivity contribution in [1.29, 1.82) is 0 Å². The summed E-state index contributed by atoms with van der Waals surface area (Å²) >= 11 is 5.87. The first-order valence-corrected chi connectivity index (χ1v) is 6.83. The van der Waals surface area contributed by atoms with Gasteiger partial charge in [0.1, 0.15) is 5.84 Å². The SMILES string of the molecule is CN=C(/C=C\c1ccc(Cl)cc1)N1CCCCC1. The molecule has 0 aliphatic carbocycles. The van der Waals surface area contributed by atoms with Crippen LogP contribution in [0.3, 0.4) is 0 Å². The molecule has 18 heavy (non-hydrogen) atoms. The molecule has 2 rings (SSSR count).